The van der Waals surface area contributed by atoms with Crippen molar-refractivity contribution in [2.45, 2.75) is 46.5 Å². The van der Waals surface area contributed by atoms with Gasteiger partial charge in [0.05, 0.1) is 0 Å². The van der Waals surface area contributed by atoms with Crippen LogP contribution in [0.4, 0.5) is 0 Å². The fraction of sp³-hybridized carbons (Fsp3) is 0.583. The standard InChI is InChI=1S/C12H19N/c1-6-10-7-9(2)8-11(13-10)12(3,4)5/h7-8H,6H2,1-5H3. The van der Waals surface area contributed by atoms with E-state index in [2.05, 4.69) is 51.7 Å². The quantitative estimate of drug-likeness (QED) is 0.641. The van der Waals surface area contributed by atoms with Gasteiger partial charge in [0.15, 0.2) is 0 Å². The van der Waals surface area contributed by atoms with E-state index in [1.165, 1.54) is 17.0 Å². The molecule has 1 heteroatoms. The fourth-order valence-electron chi connectivity index (χ4n) is 1.30. The lowest BCUT2D eigenvalue weighted by molar-refractivity contribution is 0.565. The number of aryl methyl sites for hydroxylation is 2. The van der Waals surface area contributed by atoms with Gasteiger partial charge in [0.1, 0.15) is 0 Å². The Morgan fingerprint density at radius 1 is 1.23 bits per heavy atom. The molecule has 0 aliphatic carbocycles. The summed E-state index contributed by atoms with van der Waals surface area (Å²) in [6.45, 7) is 10.9. The molecule has 1 nitrogen and oxygen atoms in total. The maximum Gasteiger partial charge on any atom is 0.0463 e. The molecule has 13 heavy (non-hydrogen) atoms. The average Bonchev–Trinajstić information content (AvgIpc) is 2.01. The second kappa shape index (κ2) is 3.49. The average molecular weight is 177 g/mol. The summed E-state index contributed by atoms with van der Waals surface area (Å²) in [5.74, 6) is 0. The van der Waals surface area contributed by atoms with Crippen molar-refractivity contribution < 1.29 is 0 Å². The molecule has 0 fully saturated rings. The highest BCUT2D eigenvalue weighted by atomic mass is 14.7. The molecule has 0 aliphatic heterocycles. The largest absolute Gasteiger partial charge is 0.257 e. The second-order valence-electron chi connectivity index (χ2n) is 4.62. The van der Waals surface area contributed by atoms with E-state index in [4.69, 9.17) is 0 Å². The summed E-state index contributed by atoms with van der Waals surface area (Å²) in [6.07, 6.45) is 1.02. The Balaban J connectivity index is 3.16. The van der Waals surface area contributed by atoms with Crippen LogP contribution in [-0.2, 0) is 11.8 Å². The van der Waals surface area contributed by atoms with Crippen molar-refractivity contribution in [2.75, 3.05) is 0 Å². The van der Waals surface area contributed by atoms with Gasteiger partial charge in [-0.1, -0.05) is 27.7 Å². The molecule has 72 valence electrons. The van der Waals surface area contributed by atoms with Gasteiger partial charge in [-0.15, -0.1) is 0 Å². The van der Waals surface area contributed by atoms with Crippen molar-refractivity contribution in [2.24, 2.45) is 0 Å². The van der Waals surface area contributed by atoms with Crippen LogP contribution < -0.4 is 0 Å². The van der Waals surface area contributed by atoms with E-state index >= 15 is 0 Å². The minimum atomic E-state index is 0.163. The van der Waals surface area contributed by atoms with Crippen molar-refractivity contribution in [3.05, 3.63) is 29.1 Å². The maximum absolute atomic E-state index is 4.62. The van der Waals surface area contributed by atoms with Crippen molar-refractivity contribution in [3.63, 3.8) is 0 Å². The normalized spacial score (nSPS) is 11.8. The molecule has 0 atom stereocenters. The first-order valence-electron chi connectivity index (χ1n) is 4.91. The molecule has 0 saturated heterocycles. The number of pyridine rings is 1. The number of nitrogens with zero attached hydrogens (tertiary/aromatic N) is 1. The van der Waals surface area contributed by atoms with Crippen molar-refractivity contribution in [1.82, 2.24) is 4.98 Å². The van der Waals surface area contributed by atoms with Gasteiger partial charge in [-0.25, -0.2) is 0 Å². The van der Waals surface area contributed by atoms with E-state index in [1.54, 1.807) is 0 Å². The second-order valence-corrected chi connectivity index (χ2v) is 4.62. The molecule has 0 unspecified atom stereocenters. The van der Waals surface area contributed by atoms with E-state index in [9.17, 15) is 0 Å². The predicted octanol–water partition coefficient (Wildman–Crippen LogP) is 3.25. The molecule has 0 amide bonds. The zero-order valence-corrected chi connectivity index (χ0v) is 9.31. The van der Waals surface area contributed by atoms with Gasteiger partial charge < -0.3 is 0 Å². The molecule has 1 aromatic rings. The van der Waals surface area contributed by atoms with Gasteiger partial charge in [0.25, 0.3) is 0 Å². The minimum absolute atomic E-state index is 0.163. The summed E-state index contributed by atoms with van der Waals surface area (Å²) in [4.78, 5) is 4.62. The molecular weight excluding hydrogens is 158 g/mol. The first-order chi connectivity index (χ1) is 5.93. The highest BCUT2D eigenvalue weighted by molar-refractivity contribution is 5.24. The summed E-state index contributed by atoms with van der Waals surface area (Å²) in [5.41, 5.74) is 3.88. The lowest BCUT2D eigenvalue weighted by atomic mass is 9.90. The van der Waals surface area contributed by atoms with E-state index < -0.39 is 0 Å². The monoisotopic (exact) mass is 177 g/mol. The summed E-state index contributed by atoms with van der Waals surface area (Å²) in [5, 5.41) is 0. The maximum atomic E-state index is 4.62. The molecule has 0 saturated carbocycles. The van der Waals surface area contributed by atoms with Gasteiger partial charge >= 0.3 is 0 Å². The van der Waals surface area contributed by atoms with Gasteiger partial charge in [-0.3, -0.25) is 4.98 Å². The first-order valence-corrected chi connectivity index (χ1v) is 4.91. The smallest absolute Gasteiger partial charge is 0.0463 e. The third-order valence-electron chi connectivity index (χ3n) is 2.15. The molecule has 0 bridgehead atoms. The molecule has 0 aromatic carbocycles. The van der Waals surface area contributed by atoms with E-state index in [-0.39, 0.29) is 5.41 Å². The third kappa shape index (κ3) is 2.55. The Hall–Kier alpha value is -0.850. The van der Waals surface area contributed by atoms with E-state index in [0.717, 1.165) is 6.42 Å². The number of hydrogen-bond acceptors (Lipinski definition) is 1. The molecule has 0 aliphatic rings. The van der Waals surface area contributed by atoms with E-state index in [1.807, 2.05) is 0 Å². The number of rotatable bonds is 1. The van der Waals surface area contributed by atoms with Gasteiger partial charge in [0, 0.05) is 16.8 Å². The van der Waals surface area contributed by atoms with Crippen LogP contribution in [0.3, 0.4) is 0 Å². The summed E-state index contributed by atoms with van der Waals surface area (Å²) < 4.78 is 0. The van der Waals surface area contributed by atoms with Crippen molar-refractivity contribution >= 4 is 0 Å². The molecule has 0 radical (unpaired) electrons. The molecule has 1 aromatic heterocycles. The highest BCUT2D eigenvalue weighted by Gasteiger charge is 2.15. The fourth-order valence-corrected chi connectivity index (χ4v) is 1.30. The van der Waals surface area contributed by atoms with Crippen LogP contribution in [0, 0.1) is 6.92 Å². The van der Waals surface area contributed by atoms with Crippen molar-refractivity contribution in [1.29, 1.82) is 0 Å². The van der Waals surface area contributed by atoms with Gasteiger partial charge in [0.2, 0.25) is 0 Å². The Labute approximate surface area is 81.2 Å². The highest BCUT2D eigenvalue weighted by Crippen LogP contribution is 2.21. The first kappa shape index (κ1) is 10.2. The Kier molecular flexibility index (Phi) is 2.74. The van der Waals surface area contributed by atoms with E-state index in [0.29, 0.717) is 0 Å². The lowest BCUT2D eigenvalue weighted by Gasteiger charge is -2.19. The van der Waals surface area contributed by atoms with Crippen LogP contribution in [-0.4, -0.2) is 4.98 Å². The van der Waals surface area contributed by atoms with Crippen LogP contribution in [0.2, 0.25) is 0 Å². The molecule has 0 spiro atoms. The van der Waals surface area contributed by atoms with Crippen LogP contribution in [0.15, 0.2) is 12.1 Å². The van der Waals surface area contributed by atoms with Crippen LogP contribution >= 0.6 is 0 Å². The zero-order chi connectivity index (χ0) is 10.1. The molecule has 1 heterocycles. The summed E-state index contributed by atoms with van der Waals surface area (Å²) in [7, 11) is 0. The zero-order valence-electron chi connectivity index (χ0n) is 9.31. The SMILES string of the molecule is CCc1cc(C)cc(C(C)(C)C)n1. The van der Waals surface area contributed by atoms with Gasteiger partial charge in [-0.05, 0) is 31.0 Å². The van der Waals surface area contributed by atoms with Crippen LogP contribution in [0.25, 0.3) is 0 Å². The Morgan fingerprint density at radius 3 is 2.31 bits per heavy atom. The number of aromatic nitrogens is 1. The predicted molar refractivity (Wildman–Crippen MR) is 57.1 cm³/mol. The summed E-state index contributed by atoms with van der Waals surface area (Å²) in [6, 6.07) is 4.34. The lowest BCUT2D eigenvalue weighted by Crippen LogP contribution is -2.14. The minimum Gasteiger partial charge on any atom is -0.257 e. The van der Waals surface area contributed by atoms with Gasteiger partial charge in [-0.2, -0.15) is 0 Å². The topological polar surface area (TPSA) is 12.9 Å². The molecular formula is C12H19N. The number of hydrogen-bond donors (Lipinski definition) is 0. The van der Waals surface area contributed by atoms with Crippen LogP contribution in [0.1, 0.15) is 44.6 Å². The Morgan fingerprint density at radius 2 is 1.85 bits per heavy atom. The Bertz CT molecular complexity index is 294. The van der Waals surface area contributed by atoms with Crippen LogP contribution in [0.5, 0.6) is 0 Å². The molecule has 0 N–H and O–H groups in total. The third-order valence-corrected chi connectivity index (χ3v) is 2.15. The summed E-state index contributed by atoms with van der Waals surface area (Å²) >= 11 is 0. The van der Waals surface area contributed by atoms with Crippen molar-refractivity contribution in [3.8, 4) is 0 Å². The molecule has 1 rings (SSSR count).